The Kier molecular flexibility index (Phi) is 5.83. The van der Waals surface area contributed by atoms with E-state index in [-0.39, 0.29) is 33.1 Å². The lowest BCUT2D eigenvalue weighted by atomic mass is 10.00. The van der Waals surface area contributed by atoms with Crippen LogP contribution in [0.15, 0.2) is 47.3 Å². The molecule has 0 aliphatic heterocycles. The molecule has 0 saturated carbocycles. The molecule has 0 unspecified atom stereocenters. The molecule has 0 aliphatic rings. The van der Waals surface area contributed by atoms with Gasteiger partial charge in [-0.05, 0) is 37.1 Å². The first-order valence-corrected chi connectivity index (χ1v) is 11.1. The zero-order valence-corrected chi connectivity index (χ0v) is 19.4. The number of benzene rings is 2. The highest BCUT2D eigenvalue weighted by Crippen LogP contribution is 2.39. The van der Waals surface area contributed by atoms with Gasteiger partial charge >= 0.3 is 0 Å². The van der Waals surface area contributed by atoms with Gasteiger partial charge < -0.3 is 5.11 Å². The minimum absolute atomic E-state index is 0.00986. The minimum Gasteiger partial charge on any atom is -0.494 e. The summed E-state index contributed by atoms with van der Waals surface area (Å²) >= 11 is 13.7. The molecule has 1 N–H and O–H groups in total. The van der Waals surface area contributed by atoms with Gasteiger partial charge in [0, 0.05) is 15.1 Å². The Hall–Kier alpha value is -3.11. The summed E-state index contributed by atoms with van der Waals surface area (Å²) in [4.78, 5) is 26.6. The highest BCUT2D eigenvalue weighted by Gasteiger charge is 2.28. The first-order chi connectivity index (χ1) is 15.2. The first-order valence-electron chi connectivity index (χ1n) is 9.57. The monoisotopic (exact) mass is 482 g/mol. The predicted molar refractivity (Wildman–Crippen MR) is 127 cm³/mol. The van der Waals surface area contributed by atoms with Gasteiger partial charge in [0.05, 0.1) is 22.0 Å². The van der Waals surface area contributed by atoms with Crippen LogP contribution in [0.3, 0.4) is 0 Å². The lowest BCUT2D eigenvalue weighted by molar-refractivity contribution is 0.103. The van der Waals surface area contributed by atoms with Crippen molar-refractivity contribution in [2.75, 3.05) is 0 Å². The van der Waals surface area contributed by atoms with Crippen LogP contribution in [-0.2, 0) is 6.54 Å². The first kappa shape index (κ1) is 22.1. The van der Waals surface area contributed by atoms with E-state index in [0.717, 1.165) is 31.7 Å². The number of ketones is 1. The number of hydrogen-bond donors (Lipinski definition) is 1. The van der Waals surface area contributed by atoms with Gasteiger partial charge in [-0.25, -0.2) is 0 Å². The van der Waals surface area contributed by atoms with Gasteiger partial charge in [0.25, 0.3) is 5.56 Å². The Bertz CT molecular complexity index is 1500. The second-order valence-electron chi connectivity index (χ2n) is 7.40. The number of nitriles is 1. The number of carbonyl (C=O) groups excluding carboxylic acids is 1. The third-order valence-corrected chi connectivity index (χ3v) is 7.18. The fraction of sp³-hybridized carbons (Fsp3) is 0.125. The summed E-state index contributed by atoms with van der Waals surface area (Å²) in [6, 6.07) is 14.4. The Morgan fingerprint density at radius 2 is 1.84 bits per heavy atom. The molecule has 5 nitrogen and oxygen atoms in total. The van der Waals surface area contributed by atoms with E-state index in [0.29, 0.717) is 10.4 Å². The maximum Gasteiger partial charge on any atom is 0.271 e. The fourth-order valence-corrected chi connectivity index (χ4v) is 5.28. The van der Waals surface area contributed by atoms with E-state index in [2.05, 4.69) is 0 Å². The Balaban J connectivity index is 1.91. The van der Waals surface area contributed by atoms with E-state index >= 15 is 0 Å². The molecule has 4 rings (SSSR count). The summed E-state index contributed by atoms with van der Waals surface area (Å²) in [5, 5.41) is 22.0. The summed E-state index contributed by atoms with van der Waals surface area (Å²) in [5.41, 5.74) is 0.933. The molecule has 0 radical (unpaired) electrons. The van der Waals surface area contributed by atoms with Crippen LogP contribution in [0.1, 0.15) is 37.5 Å². The Morgan fingerprint density at radius 3 is 2.50 bits per heavy atom. The standard InChI is InChI=1S/C24H16Cl2N2O3S/c1-12-3-5-14(6-4-12)11-28-23(30)17(10-27)13(2)19(24(28)31)21(29)22-20(26)16-8-7-15(25)9-18(16)32-22/h3-9,31H,11H2,1-2H3. The fourth-order valence-electron chi connectivity index (χ4n) is 3.54. The van der Waals surface area contributed by atoms with Crippen molar-refractivity contribution < 1.29 is 9.90 Å². The quantitative estimate of drug-likeness (QED) is 0.370. The Morgan fingerprint density at radius 1 is 1.16 bits per heavy atom. The zero-order chi connectivity index (χ0) is 23.2. The van der Waals surface area contributed by atoms with E-state index in [1.807, 2.05) is 37.3 Å². The van der Waals surface area contributed by atoms with Crippen LogP contribution in [0.25, 0.3) is 10.1 Å². The molecule has 0 amide bonds. The predicted octanol–water partition coefficient (Wildman–Crippen LogP) is 5.84. The summed E-state index contributed by atoms with van der Waals surface area (Å²) in [6.45, 7) is 3.42. The molecule has 0 atom stereocenters. The minimum atomic E-state index is -0.658. The molecule has 0 aliphatic carbocycles. The number of carbonyl (C=O) groups is 1. The highest BCUT2D eigenvalue weighted by molar-refractivity contribution is 7.21. The van der Waals surface area contributed by atoms with Gasteiger partial charge in [-0.15, -0.1) is 11.3 Å². The van der Waals surface area contributed by atoms with Gasteiger partial charge in [-0.1, -0.05) is 59.1 Å². The molecule has 4 aromatic rings. The van der Waals surface area contributed by atoms with E-state index in [9.17, 15) is 20.0 Å². The van der Waals surface area contributed by atoms with Gasteiger partial charge in [-0.2, -0.15) is 5.26 Å². The number of nitrogens with zero attached hydrogens (tertiary/aromatic N) is 2. The van der Waals surface area contributed by atoms with Crippen LogP contribution in [0.4, 0.5) is 0 Å². The maximum absolute atomic E-state index is 13.5. The van der Waals surface area contributed by atoms with Crippen molar-refractivity contribution in [2.24, 2.45) is 0 Å². The number of fused-ring (bicyclic) bond motifs is 1. The normalized spacial score (nSPS) is 11.0. The largest absolute Gasteiger partial charge is 0.494 e. The summed E-state index contributed by atoms with van der Waals surface area (Å²) in [6.07, 6.45) is 0. The smallest absolute Gasteiger partial charge is 0.271 e. The number of pyridine rings is 1. The van der Waals surface area contributed by atoms with Gasteiger partial charge in [0.15, 0.2) is 0 Å². The molecule has 2 heterocycles. The second kappa shape index (κ2) is 8.44. The third-order valence-electron chi connectivity index (χ3n) is 5.29. The second-order valence-corrected chi connectivity index (χ2v) is 9.27. The van der Waals surface area contributed by atoms with Crippen molar-refractivity contribution >= 4 is 50.4 Å². The molecule has 2 aromatic heterocycles. The lowest BCUT2D eigenvalue weighted by Gasteiger charge is -2.15. The number of rotatable bonds is 4. The van der Waals surface area contributed by atoms with Crippen LogP contribution >= 0.6 is 34.5 Å². The molecule has 8 heteroatoms. The molecular weight excluding hydrogens is 467 g/mol. The number of aryl methyl sites for hydroxylation is 1. The van der Waals surface area contributed by atoms with E-state index in [1.54, 1.807) is 18.2 Å². The summed E-state index contributed by atoms with van der Waals surface area (Å²) < 4.78 is 1.76. The molecule has 0 saturated heterocycles. The molecule has 0 spiro atoms. The van der Waals surface area contributed by atoms with E-state index in [1.165, 1.54) is 6.92 Å². The van der Waals surface area contributed by atoms with Crippen LogP contribution in [0, 0.1) is 25.2 Å². The van der Waals surface area contributed by atoms with Crippen molar-refractivity contribution in [2.45, 2.75) is 20.4 Å². The van der Waals surface area contributed by atoms with Crippen molar-refractivity contribution in [1.82, 2.24) is 4.57 Å². The molecular formula is C24H16Cl2N2O3S. The van der Waals surface area contributed by atoms with Crippen molar-refractivity contribution in [3.63, 3.8) is 0 Å². The van der Waals surface area contributed by atoms with Crippen LogP contribution < -0.4 is 5.56 Å². The highest BCUT2D eigenvalue weighted by atomic mass is 35.5. The zero-order valence-electron chi connectivity index (χ0n) is 17.1. The number of aromatic nitrogens is 1. The average Bonchev–Trinajstić information content (AvgIpc) is 3.08. The average molecular weight is 483 g/mol. The van der Waals surface area contributed by atoms with Crippen LogP contribution in [0.2, 0.25) is 10.0 Å². The summed E-state index contributed by atoms with van der Waals surface area (Å²) in [5.74, 6) is -1.06. The van der Waals surface area contributed by atoms with Crippen LogP contribution in [-0.4, -0.2) is 15.5 Å². The lowest BCUT2D eigenvalue weighted by Crippen LogP contribution is -2.27. The molecule has 32 heavy (non-hydrogen) atoms. The molecule has 2 aromatic carbocycles. The maximum atomic E-state index is 13.5. The van der Waals surface area contributed by atoms with Crippen LogP contribution in [0.5, 0.6) is 5.88 Å². The Labute approximate surface area is 197 Å². The van der Waals surface area contributed by atoms with Crippen molar-refractivity contribution in [3.05, 3.63) is 95.6 Å². The van der Waals surface area contributed by atoms with Crippen molar-refractivity contribution in [1.29, 1.82) is 5.26 Å². The SMILES string of the molecule is Cc1ccc(Cn2c(O)c(C(=O)c3sc4cc(Cl)ccc4c3Cl)c(C)c(C#N)c2=O)cc1. The third kappa shape index (κ3) is 3.69. The summed E-state index contributed by atoms with van der Waals surface area (Å²) in [7, 11) is 0. The number of hydrogen-bond acceptors (Lipinski definition) is 5. The van der Waals surface area contributed by atoms with E-state index in [4.69, 9.17) is 23.2 Å². The number of aromatic hydroxyl groups is 1. The number of halogens is 2. The molecule has 0 fully saturated rings. The van der Waals surface area contributed by atoms with Gasteiger partial charge in [0.2, 0.25) is 11.7 Å². The number of thiophene rings is 1. The van der Waals surface area contributed by atoms with E-state index < -0.39 is 17.2 Å². The van der Waals surface area contributed by atoms with Gasteiger partial charge in [-0.3, -0.25) is 14.2 Å². The molecule has 0 bridgehead atoms. The molecule has 160 valence electrons. The topological polar surface area (TPSA) is 83.1 Å². The van der Waals surface area contributed by atoms with Crippen molar-refractivity contribution in [3.8, 4) is 11.9 Å². The van der Waals surface area contributed by atoms with Gasteiger partial charge in [0.1, 0.15) is 11.6 Å².